The zero-order valence-electron chi connectivity index (χ0n) is 11.3. The van der Waals surface area contributed by atoms with E-state index < -0.39 is 12.0 Å². The monoisotopic (exact) mass is 271 g/mol. The molecule has 0 radical (unpaired) electrons. The first-order valence-corrected chi connectivity index (χ1v) is 6.34. The molecule has 0 bridgehead atoms. The van der Waals surface area contributed by atoms with Gasteiger partial charge in [0.05, 0.1) is 7.11 Å². The molecule has 0 spiro atoms. The molecular formula is C16H17NO3. The first kappa shape index (κ1) is 14.1. The normalized spacial score (nSPS) is 11.7. The second-order valence-corrected chi connectivity index (χ2v) is 4.39. The molecule has 0 heterocycles. The van der Waals surface area contributed by atoms with Crippen molar-refractivity contribution in [2.75, 3.05) is 7.11 Å². The number of esters is 1. The summed E-state index contributed by atoms with van der Waals surface area (Å²) in [7, 11) is 1.33. The van der Waals surface area contributed by atoms with E-state index in [1.807, 2.05) is 54.6 Å². The summed E-state index contributed by atoms with van der Waals surface area (Å²) < 4.78 is 10.3. The molecule has 2 rings (SSSR count). The van der Waals surface area contributed by atoms with Crippen LogP contribution in [0.5, 0.6) is 11.5 Å². The summed E-state index contributed by atoms with van der Waals surface area (Å²) in [5, 5.41) is 0. The summed E-state index contributed by atoms with van der Waals surface area (Å²) in [6.45, 7) is 0. The number of ether oxygens (including phenoxy) is 2. The fourth-order valence-electron chi connectivity index (χ4n) is 1.81. The van der Waals surface area contributed by atoms with E-state index in [-0.39, 0.29) is 0 Å². The van der Waals surface area contributed by atoms with Crippen molar-refractivity contribution in [3.63, 3.8) is 0 Å². The zero-order valence-corrected chi connectivity index (χ0v) is 11.3. The third kappa shape index (κ3) is 3.83. The van der Waals surface area contributed by atoms with Crippen molar-refractivity contribution in [2.24, 2.45) is 5.73 Å². The molecule has 0 fully saturated rings. The lowest BCUT2D eigenvalue weighted by atomic mass is 10.1. The van der Waals surface area contributed by atoms with Gasteiger partial charge in [0.25, 0.3) is 0 Å². The molecule has 1 unspecified atom stereocenters. The van der Waals surface area contributed by atoms with Crippen LogP contribution in [0.2, 0.25) is 0 Å². The van der Waals surface area contributed by atoms with Gasteiger partial charge in [-0.15, -0.1) is 0 Å². The first-order chi connectivity index (χ1) is 9.69. The van der Waals surface area contributed by atoms with Crippen LogP contribution in [-0.4, -0.2) is 19.1 Å². The number of hydrogen-bond donors (Lipinski definition) is 1. The van der Waals surface area contributed by atoms with Gasteiger partial charge in [-0.1, -0.05) is 30.3 Å². The predicted octanol–water partition coefficient (Wildman–Crippen LogP) is 2.52. The highest BCUT2D eigenvalue weighted by molar-refractivity contribution is 5.75. The molecule has 20 heavy (non-hydrogen) atoms. The van der Waals surface area contributed by atoms with E-state index in [4.69, 9.17) is 10.5 Å². The molecule has 0 saturated carbocycles. The lowest BCUT2D eigenvalue weighted by Gasteiger charge is -2.10. The SMILES string of the molecule is COC(=O)C(N)Cc1ccc(Oc2ccccc2)cc1. The number of carbonyl (C=O) groups excluding carboxylic acids is 1. The maximum absolute atomic E-state index is 11.3. The molecule has 4 heteroatoms. The number of rotatable bonds is 5. The molecule has 2 aromatic rings. The number of carbonyl (C=O) groups is 1. The van der Waals surface area contributed by atoms with Crippen molar-refractivity contribution in [1.82, 2.24) is 0 Å². The highest BCUT2D eigenvalue weighted by Crippen LogP contribution is 2.21. The molecule has 0 aliphatic rings. The topological polar surface area (TPSA) is 61.5 Å². The fourth-order valence-corrected chi connectivity index (χ4v) is 1.81. The van der Waals surface area contributed by atoms with Crippen LogP contribution in [0.25, 0.3) is 0 Å². The third-order valence-corrected chi connectivity index (χ3v) is 2.86. The zero-order chi connectivity index (χ0) is 14.4. The van der Waals surface area contributed by atoms with E-state index in [0.717, 1.165) is 17.1 Å². The predicted molar refractivity (Wildman–Crippen MR) is 76.7 cm³/mol. The fraction of sp³-hybridized carbons (Fsp3) is 0.188. The standard InChI is InChI=1S/C16H17NO3/c1-19-16(18)15(17)11-12-7-9-14(10-8-12)20-13-5-3-2-4-6-13/h2-10,15H,11,17H2,1H3. The van der Waals surface area contributed by atoms with Crippen LogP contribution in [0.3, 0.4) is 0 Å². The summed E-state index contributed by atoms with van der Waals surface area (Å²) in [5.41, 5.74) is 6.68. The van der Waals surface area contributed by atoms with Crippen LogP contribution in [0.1, 0.15) is 5.56 Å². The number of nitrogens with two attached hydrogens (primary N) is 1. The van der Waals surface area contributed by atoms with Crippen LogP contribution >= 0.6 is 0 Å². The van der Waals surface area contributed by atoms with Gasteiger partial charge in [0.15, 0.2) is 0 Å². The molecule has 0 amide bonds. The van der Waals surface area contributed by atoms with Crippen LogP contribution in [0.4, 0.5) is 0 Å². The first-order valence-electron chi connectivity index (χ1n) is 6.34. The smallest absolute Gasteiger partial charge is 0.322 e. The maximum Gasteiger partial charge on any atom is 0.322 e. The Kier molecular flexibility index (Phi) is 4.74. The molecule has 104 valence electrons. The average Bonchev–Trinajstić information content (AvgIpc) is 2.49. The Morgan fingerprint density at radius 3 is 2.25 bits per heavy atom. The van der Waals surface area contributed by atoms with E-state index in [2.05, 4.69) is 4.74 Å². The molecule has 4 nitrogen and oxygen atoms in total. The summed E-state index contributed by atoms with van der Waals surface area (Å²) in [5.74, 6) is 1.12. The molecule has 2 aromatic carbocycles. The van der Waals surface area contributed by atoms with Crippen LogP contribution < -0.4 is 10.5 Å². The number of benzene rings is 2. The summed E-state index contributed by atoms with van der Waals surface area (Å²) in [4.78, 5) is 11.3. The highest BCUT2D eigenvalue weighted by Gasteiger charge is 2.13. The number of hydrogen-bond acceptors (Lipinski definition) is 4. The number of para-hydroxylation sites is 1. The molecule has 0 saturated heterocycles. The van der Waals surface area contributed by atoms with Gasteiger partial charge in [-0.2, -0.15) is 0 Å². The van der Waals surface area contributed by atoms with E-state index in [9.17, 15) is 4.79 Å². The lowest BCUT2D eigenvalue weighted by Crippen LogP contribution is -2.33. The lowest BCUT2D eigenvalue weighted by molar-refractivity contribution is -0.142. The second kappa shape index (κ2) is 6.73. The second-order valence-electron chi connectivity index (χ2n) is 4.39. The molecule has 0 aromatic heterocycles. The summed E-state index contributed by atoms with van der Waals surface area (Å²) >= 11 is 0. The average molecular weight is 271 g/mol. The minimum atomic E-state index is -0.638. The minimum Gasteiger partial charge on any atom is -0.468 e. The van der Waals surface area contributed by atoms with Crippen LogP contribution in [-0.2, 0) is 16.0 Å². The van der Waals surface area contributed by atoms with Crippen molar-refractivity contribution >= 4 is 5.97 Å². The molecule has 0 aliphatic heterocycles. The highest BCUT2D eigenvalue weighted by atomic mass is 16.5. The van der Waals surface area contributed by atoms with Crippen LogP contribution in [0.15, 0.2) is 54.6 Å². The van der Waals surface area contributed by atoms with Crippen molar-refractivity contribution < 1.29 is 14.3 Å². The molecular weight excluding hydrogens is 254 g/mol. The Labute approximate surface area is 118 Å². The quantitative estimate of drug-likeness (QED) is 0.849. The Morgan fingerprint density at radius 2 is 1.65 bits per heavy atom. The van der Waals surface area contributed by atoms with Gasteiger partial charge in [0, 0.05) is 0 Å². The Hall–Kier alpha value is -2.33. The maximum atomic E-state index is 11.3. The van der Waals surface area contributed by atoms with Gasteiger partial charge in [-0.25, -0.2) is 0 Å². The summed E-state index contributed by atoms with van der Waals surface area (Å²) in [6.07, 6.45) is 0.443. The third-order valence-electron chi connectivity index (χ3n) is 2.86. The molecule has 0 aliphatic carbocycles. The van der Waals surface area contributed by atoms with Gasteiger partial charge in [0.2, 0.25) is 0 Å². The van der Waals surface area contributed by atoms with E-state index >= 15 is 0 Å². The van der Waals surface area contributed by atoms with Crippen molar-refractivity contribution in [1.29, 1.82) is 0 Å². The Bertz CT molecular complexity index is 552. The van der Waals surface area contributed by atoms with Crippen molar-refractivity contribution in [2.45, 2.75) is 12.5 Å². The Balaban J connectivity index is 1.98. The minimum absolute atomic E-state index is 0.408. The van der Waals surface area contributed by atoms with Gasteiger partial charge in [-0.3, -0.25) is 4.79 Å². The number of methoxy groups -OCH3 is 1. The van der Waals surface area contributed by atoms with E-state index in [0.29, 0.717) is 6.42 Å². The largest absolute Gasteiger partial charge is 0.468 e. The van der Waals surface area contributed by atoms with E-state index in [1.54, 1.807) is 0 Å². The van der Waals surface area contributed by atoms with Crippen LogP contribution in [0, 0.1) is 0 Å². The molecule has 2 N–H and O–H groups in total. The molecule has 1 atom stereocenters. The van der Waals surface area contributed by atoms with E-state index in [1.165, 1.54) is 7.11 Å². The van der Waals surface area contributed by atoms with Gasteiger partial charge >= 0.3 is 5.97 Å². The van der Waals surface area contributed by atoms with Crippen molar-refractivity contribution in [3.8, 4) is 11.5 Å². The van der Waals surface area contributed by atoms with Crippen molar-refractivity contribution in [3.05, 3.63) is 60.2 Å². The van der Waals surface area contributed by atoms with Gasteiger partial charge in [-0.05, 0) is 36.2 Å². The Morgan fingerprint density at radius 1 is 1.05 bits per heavy atom. The van der Waals surface area contributed by atoms with Gasteiger partial charge < -0.3 is 15.2 Å². The summed E-state index contributed by atoms with van der Waals surface area (Å²) in [6, 6.07) is 16.4. The van der Waals surface area contributed by atoms with Gasteiger partial charge in [0.1, 0.15) is 17.5 Å².